The van der Waals surface area contributed by atoms with Gasteiger partial charge < -0.3 is 4.42 Å². The van der Waals surface area contributed by atoms with Gasteiger partial charge in [-0.25, -0.2) is 9.97 Å². The van der Waals surface area contributed by atoms with Crippen molar-refractivity contribution in [1.29, 1.82) is 0 Å². The molecular weight excluding hydrogens is 559 g/mol. The standard InChI is InChI=1S/C42H33BN2O/c1-26-12-5-7-16-35(26)43(36-17-8-6-13-27(36)2)40-28(3)20-22-33(29(40)4)32-15-11-14-30(24-32)31-21-23-34-39(25-31)46-42-41(34)44-37-18-9-10-19-38(37)45-42/h5-25H,1-4H3. The van der Waals surface area contributed by atoms with Crippen LogP contribution in [0.4, 0.5) is 0 Å². The molecule has 6 aromatic carbocycles. The summed E-state index contributed by atoms with van der Waals surface area (Å²) in [5, 5.41) is 0.977. The van der Waals surface area contributed by atoms with Crippen molar-refractivity contribution in [3.63, 3.8) is 0 Å². The fraction of sp³-hybridized carbons (Fsp3) is 0.0952. The summed E-state index contributed by atoms with van der Waals surface area (Å²) in [6, 6.07) is 45.4. The molecule has 8 rings (SSSR count). The number of hydrogen-bond acceptors (Lipinski definition) is 3. The summed E-state index contributed by atoms with van der Waals surface area (Å²) in [7, 11) is 0. The van der Waals surface area contributed by atoms with Gasteiger partial charge in [-0.2, -0.15) is 0 Å². The van der Waals surface area contributed by atoms with Crippen LogP contribution in [0.1, 0.15) is 22.3 Å². The summed E-state index contributed by atoms with van der Waals surface area (Å²) in [5.41, 5.74) is 17.9. The molecular formula is C42H33BN2O. The molecule has 0 amide bonds. The third-order valence-corrected chi connectivity index (χ3v) is 9.51. The molecule has 2 aromatic heterocycles. The van der Waals surface area contributed by atoms with E-state index in [2.05, 4.69) is 131 Å². The van der Waals surface area contributed by atoms with E-state index in [1.165, 1.54) is 49.8 Å². The van der Waals surface area contributed by atoms with Crippen molar-refractivity contribution in [2.24, 2.45) is 0 Å². The minimum absolute atomic E-state index is 0.139. The van der Waals surface area contributed by atoms with Gasteiger partial charge >= 0.3 is 0 Å². The van der Waals surface area contributed by atoms with Crippen LogP contribution in [0.3, 0.4) is 0 Å². The molecule has 0 atom stereocenters. The van der Waals surface area contributed by atoms with Crippen LogP contribution in [0, 0.1) is 27.7 Å². The van der Waals surface area contributed by atoms with Crippen LogP contribution in [0.5, 0.6) is 0 Å². The van der Waals surface area contributed by atoms with Gasteiger partial charge in [-0.1, -0.05) is 130 Å². The van der Waals surface area contributed by atoms with Gasteiger partial charge in [0.2, 0.25) is 12.4 Å². The molecule has 0 N–H and O–H groups in total. The second kappa shape index (κ2) is 11.2. The molecule has 0 saturated heterocycles. The molecule has 0 saturated carbocycles. The van der Waals surface area contributed by atoms with Gasteiger partial charge in [-0.15, -0.1) is 0 Å². The van der Waals surface area contributed by atoms with E-state index in [1.54, 1.807) is 0 Å². The molecule has 0 unspecified atom stereocenters. The largest absolute Gasteiger partial charge is 0.436 e. The van der Waals surface area contributed by atoms with Crippen molar-refractivity contribution in [3.05, 3.63) is 150 Å². The second-order valence-corrected chi connectivity index (χ2v) is 12.4. The molecule has 4 heteroatoms. The maximum Gasteiger partial charge on any atom is 0.246 e. The normalized spacial score (nSPS) is 11.5. The zero-order chi connectivity index (χ0) is 31.4. The summed E-state index contributed by atoms with van der Waals surface area (Å²) in [6.07, 6.45) is 0. The average Bonchev–Trinajstić information content (AvgIpc) is 3.43. The van der Waals surface area contributed by atoms with Crippen LogP contribution >= 0.6 is 0 Å². The molecule has 0 fully saturated rings. The Hall–Kier alpha value is -5.48. The van der Waals surface area contributed by atoms with Crippen LogP contribution in [-0.2, 0) is 0 Å². The number of fused-ring (bicyclic) bond motifs is 4. The van der Waals surface area contributed by atoms with Crippen LogP contribution in [0.25, 0.3) is 55.5 Å². The first-order valence-electron chi connectivity index (χ1n) is 15.9. The number of nitrogens with zero attached hydrogens (tertiary/aromatic N) is 2. The molecule has 0 radical (unpaired) electrons. The predicted octanol–water partition coefficient (Wildman–Crippen LogP) is 8.61. The van der Waals surface area contributed by atoms with Gasteiger partial charge in [-0.3, -0.25) is 0 Å². The lowest BCUT2D eigenvalue weighted by Gasteiger charge is -2.25. The molecule has 220 valence electrons. The number of aromatic nitrogens is 2. The van der Waals surface area contributed by atoms with Crippen molar-refractivity contribution < 1.29 is 4.42 Å². The third kappa shape index (κ3) is 4.69. The number of para-hydroxylation sites is 2. The van der Waals surface area contributed by atoms with E-state index in [4.69, 9.17) is 14.4 Å². The minimum atomic E-state index is 0.139. The molecule has 0 spiro atoms. The Morgan fingerprint density at radius 1 is 0.522 bits per heavy atom. The van der Waals surface area contributed by atoms with Crippen LogP contribution < -0.4 is 16.4 Å². The fourth-order valence-corrected chi connectivity index (χ4v) is 7.10. The Morgan fingerprint density at radius 2 is 1.15 bits per heavy atom. The molecule has 0 aliphatic carbocycles. The molecule has 0 aliphatic heterocycles. The lowest BCUT2D eigenvalue weighted by atomic mass is 9.34. The maximum atomic E-state index is 6.24. The minimum Gasteiger partial charge on any atom is -0.436 e. The van der Waals surface area contributed by atoms with E-state index in [9.17, 15) is 0 Å². The Balaban J connectivity index is 1.24. The molecule has 0 bridgehead atoms. The lowest BCUT2D eigenvalue weighted by Crippen LogP contribution is -2.55. The van der Waals surface area contributed by atoms with Gasteiger partial charge in [0.15, 0.2) is 0 Å². The Labute approximate surface area is 269 Å². The Morgan fingerprint density at radius 3 is 1.87 bits per heavy atom. The van der Waals surface area contributed by atoms with Gasteiger partial charge in [0.25, 0.3) is 0 Å². The maximum absolute atomic E-state index is 6.24. The third-order valence-electron chi connectivity index (χ3n) is 9.51. The number of aryl methyl sites for hydroxylation is 3. The van der Waals surface area contributed by atoms with Crippen LogP contribution in [-0.4, -0.2) is 16.7 Å². The average molecular weight is 593 g/mol. The van der Waals surface area contributed by atoms with E-state index in [1.807, 2.05) is 24.3 Å². The van der Waals surface area contributed by atoms with E-state index in [-0.39, 0.29) is 6.71 Å². The first kappa shape index (κ1) is 28.0. The van der Waals surface area contributed by atoms with Crippen LogP contribution in [0.2, 0.25) is 0 Å². The smallest absolute Gasteiger partial charge is 0.246 e. The first-order valence-corrected chi connectivity index (χ1v) is 15.9. The molecule has 0 aliphatic rings. The second-order valence-electron chi connectivity index (χ2n) is 12.4. The molecule has 8 aromatic rings. The van der Waals surface area contributed by atoms with Gasteiger partial charge in [0.1, 0.15) is 11.1 Å². The van der Waals surface area contributed by atoms with Gasteiger partial charge in [0, 0.05) is 5.39 Å². The van der Waals surface area contributed by atoms with E-state index in [0.29, 0.717) is 5.71 Å². The summed E-state index contributed by atoms with van der Waals surface area (Å²) in [6.45, 7) is 9.14. The van der Waals surface area contributed by atoms with Gasteiger partial charge in [-0.05, 0) is 85.8 Å². The Kier molecular flexibility index (Phi) is 6.80. The Bertz CT molecular complexity index is 2390. The predicted molar refractivity (Wildman–Crippen MR) is 194 cm³/mol. The highest BCUT2D eigenvalue weighted by Gasteiger charge is 2.28. The zero-order valence-electron chi connectivity index (χ0n) is 26.5. The van der Waals surface area contributed by atoms with Crippen molar-refractivity contribution in [3.8, 4) is 22.3 Å². The summed E-state index contributed by atoms with van der Waals surface area (Å²) in [4.78, 5) is 9.60. The molecule has 2 heterocycles. The van der Waals surface area contributed by atoms with Crippen molar-refractivity contribution in [1.82, 2.24) is 9.97 Å². The van der Waals surface area contributed by atoms with E-state index in [0.717, 1.165) is 38.6 Å². The molecule has 3 nitrogen and oxygen atoms in total. The van der Waals surface area contributed by atoms with E-state index >= 15 is 0 Å². The number of rotatable bonds is 5. The highest BCUT2D eigenvalue weighted by atomic mass is 16.3. The molecule has 46 heavy (non-hydrogen) atoms. The summed E-state index contributed by atoms with van der Waals surface area (Å²) in [5.74, 6) is 0. The summed E-state index contributed by atoms with van der Waals surface area (Å²) < 4.78 is 6.24. The highest BCUT2D eigenvalue weighted by Crippen LogP contribution is 2.33. The SMILES string of the molecule is Cc1ccccc1B(c1ccccc1C)c1c(C)ccc(-c2cccc(-c3ccc4c(c3)oc3nc5ccccc5nc34)c2)c1C. The van der Waals surface area contributed by atoms with Crippen molar-refractivity contribution >= 4 is 56.3 Å². The zero-order valence-corrected chi connectivity index (χ0v) is 26.5. The van der Waals surface area contributed by atoms with Gasteiger partial charge in [0.05, 0.1) is 11.0 Å². The first-order chi connectivity index (χ1) is 22.5. The summed E-state index contributed by atoms with van der Waals surface area (Å²) >= 11 is 0. The number of benzene rings is 6. The quantitative estimate of drug-likeness (QED) is 0.188. The van der Waals surface area contributed by atoms with E-state index < -0.39 is 0 Å². The van der Waals surface area contributed by atoms with Crippen molar-refractivity contribution in [2.45, 2.75) is 27.7 Å². The topological polar surface area (TPSA) is 38.9 Å². The van der Waals surface area contributed by atoms with Crippen LogP contribution in [0.15, 0.2) is 132 Å². The number of furan rings is 1. The van der Waals surface area contributed by atoms with Crippen molar-refractivity contribution in [2.75, 3.05) is 0 Å². The fourth-order valence-electron chi connectivity index (χ4n) is 7.10. The number of hydrogen-bond donors (Lipinski definition) is 0. The lowest BCUT2D eigenvalue weighted by molar-refractivity contribution is 0.655. The monoisotopic (exact) mass is 592 g/mol. The highest BCUT2D eigenvalue weighted by molar-refractivity contribution is 6.96.